The molecule has 0 amide bonds. The largest absolute Gasteiger partial charge is 0.308 e. The van der Waals surface area contributed by atoms with Gasteiger partial charge in [-0.2, -0.15) is 0 Å². The SMILES string of the molecule is CC(C)(C)c1ccc2c(c1)c1cc3ccccc3c3c4c5c6cc(C(C)(C)C)cc7c8cc9ccccc9c(N(c9ccccc9)c9ccccc9)c8n(c5ccc4n2c13)c76. The Kier molecular flexibility index (Phi) is 6.72. The van der Waals surface area contributed by atoms with Crippen LogP contribution in [0.2, 0.25) is 0 Å². The molecule has 0 fully saturated rings. The molecular formula is C58H45N3. The van der Waals surface area contributed by atoms with Crippen LogP contribution in [0.3, 0.4) is 0 Å². The number of fused-ring (bicyclic) bond motifs is 16. The van der Waals surface area contributed by atoms with Crippen LogP contribution in [0.4, 0.5) is 17.1 Å². The molecule has 3 heteroatoms. The minimum atomic E-state index is -0.0709. The zero-order chi connectivity index (χ0) is 41.1. The van der Waals surface area contributed by atoms with Gasteiger partial charge in [-0.05, 0) is 111 Å². The van der Waals surface area contributed by atoms with Crippen LogP contribution < -0.4 is 4.90 Å². The van der Waals surface area contributed by atoms with E-state index < -0.39 is 0 Å². The van der Waals surface area contributed by atoms with Crippen molar-refractivity contribution in [2.45, 2.75) is 52.4 Å². The topological polar surface area (TPSA) is 12.1 Å². The van der Waals surface area contributed by atoms with E-state index in [1.54, 1.807) is 0 Å². The molecule has 0 spiro atoms. The van der Waals surface area contributed by atoms with Crippen molar-refractivity contribution in [3.8, 4) is 0 Å². The van der Waals surface area contributed by atoms with Crippen LogP contribution in [-0.2, 0) is 10.8 Å². The van der Waals surface area contributed by atoms with Crippen molar-refractivity contribution < 1.29 is 0 Å². The molecule has 0 aliphatic carbocycles. The molecule has 61 heavy (non-hydrogen) atoms. The molecule has 0 aliphatic rings. The lowest BCUT2D eigenvalue weighted by Crippen LogP contribution is -2.11. The van der Waals surface area contributed by atoms with Crippen molar-refractivity contribution in [2.75, 3.05) is 4.90 Å². The molecule has 3 nitrogen and oxygen atoms in total. The van der Waals surface area contributed by atoms with Crippen molar-refractivity contribution in [3.63, 3.8) is 0 Å². The van der Waals surface area contributed by atoms with Gasteiger partial charge >= 0.3 is 0 Å². The van der Waals surface area contributed by atoms with Crippen LogP contribution in [0.25, 0.3) is 97.7 Å². The van der Waals surface area contributed by atoms with Crippen molar-refractivity contribution >= 4 is 115 Å². The summed E-state index contributed by atoms with van der Waals surface area (Å²) >= 11 is 0. The second-order valence-electron chi connectivity index (χ2n) is 19.4. The van der Waals surface area contributed by atoms with E-state index in [-0.39, 0.29) is 10.8 Å². The number of para-hydroxylation sites is 2. The Balaban J connectivity index is 1.30. The maximum Gasteiger partial charge on any atom is 0.0789 e. The standard InChI is InChI=1S/C58H45N3/c1-57(2,3)36-25-26-47-42(31-36)43-29-34-17-13-15-23-40(34)51-52-49(60(47)54(43)51)28-27-48-50(52)46-33-37(58(4,5)6)32-45-44-30-35-18-14-16-24-41(35)55(56(44)61(48)53(45)46)59(38-19-9-7-10-20-38)39-21-11-8-12-22-39/h7-33H,1-6H3. The van der Waals surface area contributed by atoms with E-state index in [4.69, 9.17) is 0 Å². The van der Waals surface area contributed by atoms with Gasteiger partial charge in [0.25, 0.3) is 0 Å². The number of rotatable bonds is 3. The molecule has 0 radical (unpaired) electrons. The van der Waals surface area contributed by atoms with E-state index in [1.807, 2.05) is 0 Å². The van der Waals surface area contributed by atoms with E-state index in [1.165, 1.54) is 115 Å². The van der Waals surface area contributed by atoms with Gasteiger partial charge in [-0.1, -0.05) is 133 Å². The van der Waals surface area contributed by atoms with Gasteiger partial charge in [0.05, 0.1) is 38.8 Å². The highest BCUT2D eigenvalue weighted by Gasteiger charge is 2.30. The minimum Gasteiger partial charge on any atom is -0.308 e. The number of benzene rings is 9. The molecule has 13 aromatic rings. The number of hydrogen-bond donors (Lipinski definition) is 0. The number of nitrogens with zero attached hydrogens (tertiary/aromatic N) is 3. The third kappa shape index (κ3) is 4.58. The summed E-state index contributed by atoms with van der Waals surface area (Å²) in [6.45, 7) is 14.0. The van der Waals surface area contributed by atoms with Crippen molar-refractivity contribution in [3.05, 3.63) is 175 Å². The predicted octanol–water partition coefficient (Wildman–Crippen LogP) is 16.4. The fraction of sp³-hybridized carbons (Fsp3) is 0.138. The van der Waals surface area contributed by atoms with Crippen LogP contribution in [0.15, 0.2) is 164 Å². The smallest absolute Gasteiger partial charge is 0.0789 e. The third-order valence-electron chi connectivity index (χ3n) is 13.8. The summed E-state index contributed by atoms with van der Waals surface area (Å²) in [5, 5.41) is 15.6. The quantitative estimate of drug-likeness (QED) is 0.174. The van der Waals surface area contributed by atoms with Crippen LogP contribution in [-0.4, -0.2) is 8.80 Å². The molecule has 0 bridgehead atoms. The van der Waals surface area contributed by atoms with Crippen molar-refractivity contribution in [2.24, 2.45) is 0 Å². The monoisotopic (exact) mass is 783 g/mol. The number of aromatic nitrogens is 2. The van der Waals surface area contributed by atoms with Gasteiger partial charge in [0, 0.05) is 59.9 Å². The van der Waals surface area contributed by atoms with Gasteiger partial charge < -0.3 is 13.7 Å². The molecule has 9 aromatic carbocycles. The highest BCUT2D eigenvalue weighted by atomic mass is 15.2. The Morgan fingerprint density at radius 1 is 0.344 bits per heavy atom. The van der Waals surface area contributed by atoms with Crippen LogP contribution >= 0.6 is 0 Å². The fourth-order valence-electron chi connectivity index (χ4n) is 10.9. The summed E-state index contributed by atoms with van der Waals surface area (Å²) < 4.78 is 5.21. The van der Waals surface area contributed by atoms with Crippen LogP contribution in [0, 0.1) is 0 Å². The van der Waals surface area contributed by atoms with Gasteiger partial charge in [-0.15, -0.1) is 0 Å². The lowest BCUT2D eigenvalue weighted by molar-refractivity contribution is 0.591. The van der Waals surface area contributed by atoms with Gasteiger partial charge in [-0.3, -0.25) is 0 Å². The van der Waals surface area contributed by atoms with E-state index in [0.717, 1.165) is 11.4 Å². The molecule has 4 aromatic heterocycles. The molecule has 292 valence electrons. The van der Waals surface area contributed by atoms with E-state index in [9.17, 15) is 0 Å². The molecule has 0 aliphatic heterocycles. The summed E-state index contributed by atoms with van der Waals surface area (Å²) in [5.41, 5.74) is 13.7. The van der Waals surface area contributed by atoms with Gasteiger partial charge in [-0.25, -0.2) is 0 Å². The summed E-state index contributed by atoms with van der Waals surface area (Å²) in [5.74, 6) is 0. The van der Waals surface area contributed by atoms with Crippen molar-refractivity contribution in [1.82, 2.24) is 8.80 Å². The normalized spacial score (nSPS) is 13.1. The Morgan fingerprint density at radius 2 is 0.852 bits per heavy atom. The predicted molar refractivity (Wildman–Crippen MR) is 263 cm³/mol. The van der Waals surface area contributed by atoms with Gasteiger partial charge in [0.2, 0.25) is 0 Å². The third-order valence-corrected chi connectivity index (χ3v) is 13.8. The number of hydrogen-bond acceptors (Lipinski definition) is 1. The zero-order valence-electron chi connectivity index (χ0n) is 35.4. The molecule has 0 saturated heterocycles. The maximum atomic E-state index is 2.63. The first-order chi connectivity index (χ1) is 29.6. The first-order valence-electron chi connectivity index (χ1n) is 21.7. The maximum absolute atomic E-state index is 2.63. The van der Waals surface area contributed by atoms with Gasteiger partial charge in [0.1, 0.15) is 0 Å². The number of anilines is 3. The van der Waals surface area contributed by atoms with E-state index in [2.05, 4.69) is 219 Å². The second kappa shape index (κ2) is 11.8. The molecule has 0 saturated carbocycles. The lowest BCUT2D eigenvalue weighted by atomic mass is 9.85. The van der Waals surface area contributed by atoms with E-state index in [0.29, 0.717) is 0 Å². The first-order valence-corrected chi connectivity index (χ1v) is 21.7. The second-order valence-corrected chi connectivity index (χ2v) is 19.4. The zero-order valence-corrected chi connectivity index (χ0v) is 35.4. The molecule has 13 rings (SSSR count). The molecule has 4 heterocycles. The highest BCUT2D eigenvalue weighted by Crippen LogP contribution is 2.53. The average Bonchev–Trinajstić information content (AvgIpc) is 3.99. The lowest BCUT2D eigenvalue weighted by Gasteiger charge is -2.28. The Hall–Kier alpha value is -7.10. The van der Waals surface area contributed by atoms with E-state index >= 15 is 0 Å². The Bertz CT molecular complexity index is 3890. The van der Waals surface area contributed by atoms with Crippen molar-refractivity contribution in [1.29, 1.82) is 0 Å². The summed E-state index contributed by atoms with van der Waals surface area (Å²) in [4.78, 5) is 2.49. The summed E-state index contributed by atoms with van der Waals surface area (Å²) in [6.07, 6.45) is 0. The first kappa shape index (κ1) is 34.7. The molecule has 0 atom stereocenters. The Morgan fingerprint density at radius 3 is 1.51 bits per heavy atom. The Labute approximate surface area is 354 Å². The van der Waals surface area contributed by atoms with Crippen LogP contribution in [0.5, 0.6) is 0 Å². The molecule has 0 N–H and O–H groups in total. The molecular weight excluding hydrogens is 739 g/mol. The minimum absolute atomic E-state index is 0.0472. The average molecular weight is 784 g/mol. The van der Waals surface area contributed by atoms with Gasteiger partial charge in [0.15, 0.2) is 0 Å². The molecule has 0 unspecified atom stereocenters. The van der Waals surface area contributed by atoms with Crippen LogP contribution in [0.1, 0.15) is 52.7 Å². The summed E-state index contributed by atoms with van der Waals surface area (Å²) in [7, 11) is 0. The highest BCUT2D eigenvalue weighted by molar-refractivity contribution is 6.40. The fourth-order valence-corrected chi connectivity index (χ4v) is 10.9. The summed E-state index contributed by atoms with van der Waals surface area (Å²) in [6, 6.07) is 61.8.